The highest BCUT2D eigenvalue weighted by atomic mass is 35.5. The summed E-state index contributed by atoms with van der Waals surface area (Å²) >= 11 is 0. The Labute approximate surface area is 168 Å². The lowest BCUT2D eigenvalue weighted by atomic mass is 9.92. The third kappa shape index (κ3) is 5.21. The number of anilines is 1. The van der Waals surface area contributed by atoms with Gasteiger partial charge >= 0.3 is 0 Å². The summed E-state index contributed by atoms with van der Waals surface area (Å²) in [7, 11) is 0. The SMILES string of the molecule is CCN(CC)CCn1c(NC(=O)[C@H]2CCN[C@@H](C)C2)nc2ccccc21.Cl. The number of hydrogen-bond donors (Lipinski definition) is 2. The first kappa shape index (κ1) is 21.7. The van der Waals surface area contributed by atoms with Crippen LogP contribution < -0.4 is 10.6 Å². The van der Waals surface area contributed by atoms with Gasteiger partial charge in [-0.15, -0.1) is 12.4 Å². The van der Waals surface area contributed by atoms with E-state index in [2.05, 4.69) is 46.9 Å². The maximum atomic E-state index is 12.8. The molecule has 0 spiro atoms. The molecule has 1 aromatic carbocycles. The maximum Gasteiger partial charge on any atom is 0.229 e. The Kier molecular flexibility index (Phi) is 8.07. The van der Waals surface area contributed by atoms with Crippen LogP contribution in [0.4, 0.5) is 5.95 Å². The summed E-state index contributed by atoms with van der Waals surface area (Å²) in [5.74, 6) is 0.828. The van der Waals surface area contributed by atoms with Gasteiger partial charge in [0.15, 0.2) is 0 Å². The number of nitrogens with one attached hydrogen (secondary N) is 2. The molecule has 6 nitrogen and oxygen atoms in total. The number of amides is 1. The van der Waals surface area contributed by atoms with Gasteiger partial charge in [-0.3, -0.25) is 10.1 Å². The van der Waals surface area contributed by atoms with Gasteiger partial charge in [-0.25, -0.2) is 4.98 Å². The van der Waals surface area contributed by atoms with Crippen molar-refractivity contribution in [3.05, 3.63) is 24.3 Å². The van der Waals surface area contributed by atoms with E-state index in [-0.39, 0.29) is 24.2 Å². The molecule has 2 N–H and O–H groups in total. The van der Waals surface area contributed by atoms with Gasteiger partial charge in [0.2, 0.25) is 11.9 Å². The zero-order chi connectivity index (χ0) is 18.5. The van der Waals surface area contributed by atoms with Crippen molar-refractivity contribution in [2.24, 2.45) is 5.92 Å². The van der Waals surface area contributed by atoms with Gasteiger partial charge in [-0.1, -0.05) is 26.0 Å². The molecule has 1 fully saturated rings. The van der Waals surface area contributed by atoms with E-state index < -0.39 is 0 Å². The van der Waals surface area contributed by atoms with Crippen LogP contribution in [0.2, 0.25) is 0 Å². The lowest BCUT2D eigenvalue weighted by Gasteiger charge is -2.27. The van der Waals surface area contributed by atoms with E-state index in [9.17, 15) is 4.79 Å². The second kappa shape index (κ2) is 10.1. The summed E-state index contributed by atoms with van der Waals surface area (Å²) in [4.78, 5) is 19.9. The smallest absolute Gasteiger partial charge is 0.229 e. The lowest BCUT2D eigenvalue weighted by Crippen LogP contribution is -2.40. The van der Waals surface area contributed by atoms with Gasteiger partial charge in [0, 0.05) is 25.0 Å². The predicted octanol–water partition coefficient (Wildman–Crippen LogP) is 3.13. The van der Waals surface area contributed by atoms with Crippen molar-refractivity contribution in [2.75, 3.05) is 31.5 Å². The number of likely N-dealkylation sites (N-methyl/N-ethyl adjacent to an activating group) is 1. The first-order chi connectivity index (χ1) is 12.6. The highest BCUT2D eigenvalue weighted by molar-refractivity contribution is 5.93. The molecule has 1 amide bonds. The quantitative estimate of drug-likeness (QED) is 0.758. The molecule has 1 aromatic heterocycles. The minimum Gasteiger partial charge on any atom is -0.314 e. The van der Waals surface area contributed by atoms with Crippen LogP contribution in [-0.2, 0) is 11.3 Å². The second-order valence-corrected chi connectivity index (χ2v) is 7.17. The van der Waals surface area contributed by atoms with Crippen molar-refractivity contribution < 1.29 is 4.79 Å². The van der Waals surface area contributed by atoms with Crippen molar-refractivity contribution in [3.63, 3.8) is 0 Å². The Morgan fingerprint density at radius 1 is 1.33 bits per heavy atom. The third-order valence-corrected chi connectivity index (χ3v) is 5.42. The van der Waals surface area contributed by atoms with Crippen LogP contribution in [0.25, 0.3) is 11.0 Å². The number of hydrogen-bond acceptors (Lipinski definition) is 4. The number of para-hydroxylation sites is 2. The molecule has 3 rings (SSSR count). The molecule has 0 bridgehead atoms. The van der Waals surface area contributed by atoms with Crippen molar-refractivity contribution in [1.82, 2.24) is 19.8 Å². The van der Waals surface area contributed by atoms with Gasteiger partial charge in [0.05, 0.1) is 11.0 Å². The molecule has 2 heterocycles. The Morgan fingerprint density at radius 2 is 2.07 bits per heavy atom. The van der Waals surface area contributed by atoms with E-state index in [4.69, 9.17) is 4.98 Å². The number of rotatable bonds is 7. The van der Waals surface area contributed by atoms with Gasteiger partial charge in [0.1, 0.15) is 0 Å². The number of nitrogens with zero attached hydrogens (tertiary/aromatic N) is 3. The molecule has 1 aliphatic rings. The molecule has 0 radical (unpaired) electrons. The van der Waals surface area contributed by atoms with Crippen molar-refractivity contribution >= 4 is 35.3 Å². The van der Waals surface area contributed by atoms with Gasteiger partial charge in [-0.2, -0.15) is 0 Å². The van der Waals surface area contributed by atoms with Gasteiger partial charge < -0.3 is 14.8 Å². The molecular formula is C20H32ClN5O. The molecule has 0 saturated carbocycles. The van der Waals surface area contributed by atoms with Gasteiger partial charge in [-0.05, 0) is 51.5 Å². The molecule has 0 aliphatic carbocycles. The average molecular weight is 394 g/mol. The number of fused-ring (bicyclic) bond motifs is 1. The minimum atomic E-state index is 0. The fourth-order valence-corrected chi connectivity index (χ4v) is 3.76. The first-order valence-electron chi connectivity index (χ1n) is 9.84. The average Bonchev–Trinajstić information content (AvgIpc) is 3.00. The highest BCUT2D eigenvalue weighted by Crippen LogP contribution is 2.22. The van der Waals surface area contributed by atoms with Crippen LogP contribution in [0.15, 0.2) is 24.3 Å². The number of carbonyl (C=O) groups excluding carboxylic acids is 1. The maximum absolute atomic E-state index is 12.8. The molecule has 1 saturated heterocycles. The van der Waals surface area contributed by atoms with Crippen molar-refractivity contribution in [2.45, 2.75) is 46.2 Å². The third-order valence-electron chi connectivity index (χ3n) is 5.42. The standard InChI is InChI=1S/C20H31N5O.ClH/c1-4-24(5-2)12-13-25-18-9-7-6-8-17(18)22-20(25)23-19(26)16-10-11-21-15(3)14-16;/h6-9,15-16,21H,4-5,10-14H2,1-3H3,(H,22,23,26);1H/t15-,16-;/m0./s1. The summed E-state index contributed by atoms with van der Waals surface area (Å²) < 4.78 is 2.15. The fourth-order valence-electron chi connectivity index (χ4n) is 3.76. The van der Waals surface area contributed by atoms with Crippen LogP contribution >= 0.6 is 12.4 Å². The number of piperidine rings is 1. The summed E-state index contributed by atoms with van der Waals surface area (Å²) in [6.07, 6.45) is 1.77. The lowest BCUT2D eigenvalue weighted by molar-refractivity contribution is -0.120. The zero-order valence-electron chi connectivity index (χ0n) is 16.6. The first-order valence-corrected chi connectivity index (χ1v) is 9.84. The van der Waals surface area contributed by atoms with E-state index in [1.807, 2.05) is 18.2 Å². The number of carbonyl (C=O) groups is 1. The van der Waals surface area contributed by atoms with Crippen LogP contribution in [0.3, 0.4) is 0 Å². The summed E-state index contributed by atoms with van der Waals surface area (Å²) in [6.45, 7) is 11.2. The van der Waals surface area contributed by atoms with Crippen LogP contribution in [-0.4, -0.2) is 52.6 Å². The minimum absolute atomic E-state index is 0. The largest absolute Gasteiger partial charge is 0.314 e. The number of imidazole rings is 1. The number of benzene rings is 1. The summed E-state index contributed by atoms with van der Waals surface area (Å²) in [5, 5.41) is 6.52. The van der Waals surface area contributed by atoms with E-state index in [1.54, 1.807) is 0 Å². The summed E-state index contributed by atoms with van der Waals surface area (Å²) in [6, 6.07) is 8.49. The van der Waals surface area contributed by atoms with Crippen LogP contribution in [0.1, 0.15) is 33.6 Å². The molecule has 2 atom stereocenters. The van der Waals surface area contributed by atoms with Crippen LogP contribution in [0, 0.1) is 5.92 Å². The number of halogens is 1. The highest BCUT2D eigenvalue weighted by Gasteiger charge is 2.26. The molecule has 0 unspecified atom stereocenters. The molecule has 27 heavy (non-hydrogen) atoms. The molecule has 2 aromatic rings. The van der Waals surface area contributed by atoms with E-state index in [1.165, 1.54) is 0 Å². The van der Waals surface area contributed by atoms with Crippen molar-refractivity contribution in [1.29, 1.82) is 0 Å². The monoisotopic (exact) mass is 393 g/mol. The van der Waals surface area contributed by atoms with E-state index in [0.29, 0.717) is 12.0 Å². The molecule has 1 aliphatic heterocycles. The van der Waals surface area contributed by atoms with E-state index in [0.717, 1.165) is 56.6 Å². The topological polar surface area (TPSA) is 62.2 Å². The molecular weight excluding hydrogens is 362 g/mol. The summed E-state index contributed by atoms with van der Waals surface area (Å²) in [5.41, 5.74) is 2.01. The second-order valence-electron chi connectivity index (χ2n) is 7.17. The normalized spacial score (nSPS) is 19.9. The molecule has 7 heteroatoms. The Hall–Kier alpha value is -1.63. The number of aromatic nitrogens is 2. The Morgan fingerprint density at radius 3 is 2.78 bits per heavy atom. The molecule has 150 valence electrons. The Balaban J connectivity index is 0.00000261. The fraction of sp³-hybridized carbons (Fsp3) is 0.600. The zero-order valence-corrected chi connectivity index (χ0v) is 17.4. The van der Waals surface area contributed by atoms with Gasteiger partial charge in [0.25, 0.3) is 0 Å². The predicted molar refractivity (Wildman–Crippen MR) is 114 cm³/mol. The van der Waals surface area contributed by atoms with E-state index >= 15 is 0 Å². The van der Waals surface area contributed by atoms with Crippen molar-refractivity contribution in [3.8, 4) is 0 Å². The van der Waals surface area contributed by atoms with Crippen LogP contribution in [0.5, 0.6) is 0 Å². The Bertz CT molecular complexity index is 743.